The maximum atomic E-state index is 11.4. The molecule has 1 rings (SSSR count). The standard InChI is InChI=1S/C11H22N2O4S/c1-9(11(14)17-2)13-6-4-10(5-7-13)8-12-18(3,15)16/h9-10,12H,4-8H2,1-3H3/t9-/m0/s1. The Balaban J connectivity index is 2.35. The molecule has 1 heterocycles. The lowest BCUT2D eigenvalue weighted by Crippen LogP contribution is -2.46. The smallest absolute Gasteiger partial charge is 0.322 e. The van der Waals surface area contributed by atoms with Crippen molar-refractivity contribution in [2.24, 2.45) is 5.92 Å². The number of esters is 1. The number of nitrogens with one attached hydrogen (secondary N) is 1. The molecule has 0 unspecified atom stereocenters. The third-order valence-corrected chi connectivity index (χ3v) is 4.06. The first-order valence-corrected chi connectivity index (χ1v) is 7.99. The Kier molecular flexibility index (Phi) is 5.55. The summed E-state index contributed by atoms with van der Waals surface area (Å²) >= 11 is 0. The summed E-state index contributed by atoms with van der Waals surface area (Å²) < 4.78 is 29.2. The van der Waals surface area contributed by atoms with Crippen LogP contribution in [-0.2, 0) is 19.6 Å². The van der Waals surface area contributed by atoms with E-state index in [1.165, 1.54) is 13.4 Å². The lowest BCUT2D eigenvalue weighted by Gasteiger charge is -2.34. The van der Waals surface area contributed by atoms with Crippen molar-refractivity contribution in [2.45, 2.75) is 25.8 Å². The van der Waals surface area contributed by atoms with Crippen molar-refractivity contribution in [1.82, 2.24) is 9.62 Å². The molecule has 0 aromatic heterocycles. The summed E-state index contributed by atoms with van der Waals surface area (Å²) in [5.74, 6) is 0.128. The SMILES string of the molecule is COC(=O)[C@H](C)N1CCC(CNS(C)(=O)=O)CC1. The molecule has 1 fully saturated rings. The molecule has 0 amide bonds. The molecule has 7 heteroatoms. The number of ether oxygens (including phenoxy) is 1. The third kappa shape index (κ3) is 4.91. The van der Waals surface area contributed by atoms with E-state index in [0.717, 1.165) is 25.9 Å². The highest BCUT2D eigenvalue weighted by Crippen LogP contribution is 2.18. The molecule has 0 aliphatic carbocycles. The molecule has 0 aromatic rings. The van der Waals surface area contributed by atoms with Crippen molar-refractivity contribution in [3.63, 3.8) is 0 Å². The third-order valence-electron chi connectivity index (χ3n) is 3.37. The van der Waals surface area contributed by atoms with E-state index < -0.39 is 10.0 Å². The molecular formula is C11H22N2O4S. The minimum atomic E-state index is -3.11. The van der Waals surface area contributed by atoms with Gasteiger partial charge in [0.2, 0.25) is 10.0 Å². The molecule has 6 nitrogen and oxygen atoms in total. The van der Waals surface area contributed by atoms with E-state index in [1.54, 1.807) is 0 Å². The van der Waals surface area contributed by atoms with Crippen LogP contribution < -0.4 is 4.72 Å². The fourth-order valence-electron chi connectivity index (χ4n) is 2.13. The Bertz CT molecular complexity index is 375. The van der Waals surface area contributed by atoms with Gasteiger partial charge in [-0.25, -0.2) is 13.1 Å². The largest absolute Gasteiger partial charge is 0.468 e. The number of likely N-dealkylation sites (tertiary alicyclic amines) is 1. The van der Waals surface area contributed by atoms with Gasteiger partial charge in [0.1, 0.15) is 6.04 Å². The average molecular weight is 278 g/mol. The zero-order chi connectivity index (χ0) is 13.8. The fraction of sp³-hybridized carbons (Fsp3) is 0.909. The predicted molar refractivity (Wildman–Crippen MR) is 68.6 cm³/mol. The van der Waals surface area contributed by atoms with Gasteiger partial charge in [0.25, 0.3) is 0 Å². The lowest BCUT2D eigenvalue weighted by molar-refractivity contribution is -0.146. The first-order valence-electron chi connectivity index (χ1n) is 6.10. The molecular weight excluding hydrogens is 256 g/mol. The Morgan fingerprint density at radius 3 is 2.44 bits per heavy atom. The number of nitrogens with zero attached hydrogens (tertiary/aromatic N) is 1. The van der Waals surface area contributed by atoms with Gasteiger partial charge in [-0.05, 0) is 38.8 Å². The second-order valence-electron chi connectivity index (χ2n) is 4.80. The van der Waals surface area contributed by atoms with Crippen LogP contribution in [0.1, 0.15) is 19.8 Å². The van der Waals surface area contributed by atoms with Crippen LogP contribution in [0.4, 0.5) is 0 Å². The van der Waals surface area contributed by atoms with Crippen molar-refractivity contribution in [3.05, 3.63) is 0 Å². The Labute approximate surface area is 109 Å². The summed E-state index contributed by atoms with van der Waals surface area (Å²) in [4.78, 5) is 13.5. The van der Waals surface area contributed by atoms with E-state index in [2.05, 4.69) is 9.62 Å². The Morgan fingerprint density at radius 1 is 1.44 bits per heavy atom. The minimum Gasteiger partial charge on any atom is -0.468 e. The highest BCUT2D eigenvalue weighted by Gasteiger charge is 2.27. The zero-order valence-corrected chi connectivity index (χ0v) is 12.0. The number of carbonyl (C=O) groups excluding carboxylic acids is 1. The van der Waals surface area contributed by atoms with E-state index in [1.807, 2.05) is 6.92 Å². The van der Waals surface area contributed by atoms with Crippen LogP contribution >= 0.6 is 0 Å². The molecule has 1 N–H and O–H groups in total. The topological polar surface area (TPSA) is 75.7 Å². The van der Waals surface area contributed by atoms with Gasteiger partial charge in [-0.1, -0.05) is 0 Å². The Morgan fingerprint density at radius 2 is 2.00 bits per heavy atom. The first kappa shape index (κ1) is 15.4. The summed E-state index contributed by atoms with van der Waals surface area (Å²) in [6.07, 6.45) is 2.95. The van der Waals surface area contributed by atoms with Crippen LogP contribution in [0.25, 0.3) is 0 Å². The normalized spacial score (nSPS) is 20.6. The maximum Gasteiger partial charge on any atom is 0.322 e. The van der Waals surface area contributed by atoms with Crippen LogP contribution in [0.5, 0.6) is 0 Å². The molecule has 18 heavy (non-hydrogen) atoms. The van der Waals surface area contributed by atoms with E-state index in [-0.39, 0.29) is 12.0 Å². The molecule has 0 saturated carbocycles. The van der Waals surface area contributed by atoms with Crippen molar-refractivity contribution < 1.29 is 17.9 Å². The van der Waals surface area contributed by atoms with E-state index in [4.69, 9.17) is 4.74 Å². The summed E-state index contributed by atoms with van der Waals surface area (Å²) in [6, 6.07) is -0.223. The molecule has 106 valence electrons. The van der Waals surface area contributed by atoms with Gasteiger partial charge < -0.3 is 4.74 Å². The van der Waals surface area contributed by atoms with Gasteiger partial charge >= 0.3 is 5.97 Å². The van der Waals surface area contributed by atoms with Crippen LogP contribution in [0, 0.1) is 5.92 Å². The van der Waals surface area contributed by atoms with Crippen molar-refractivity contribution in [3.8, 4) is 0 Å². The van der Waals surface area contributed by atoms with Gasteiger partial charge in [-0.2, -0.15) is 0 Å². The summed E-state index contributed by atoms with van der Waals surface area (Å²) in [5.41, 5.74) is 0. The monoisotopic (exact) mass is 278 g/mol. The predicted octanol–water partition coefficient (Wildman–Crippen LogP) is -0.191. The lowest BCUT2D eigenvalue weighted by atomic mass is 9.96. The second-order valence-corrected chi connectivity index (χ2v) is 6.63. The quantitative estimate of drug-likeness (QED) is 0.705. The number of hydrogen-bond acceptors (Lipinski definition) is 5. The second kappa shape index (κ2) is 6.49. The maximum absolute atomic E-state index is 11.4. The molecule has 0 radical (unpaired) electrons. The van der Waals surface area contributed by atoms with E-state index in [0.29, 0.717) is 12.5 Å². The van der Waals surface area contributed by atoms with Crippen LogP contribution in [-0.4, -0.2) is 58.3 Å². The van der Waals surface area contributed by atoms with Gasteiger partial charge in [0.15, 0.2) is 0 Å². The number of carbonyl (C=O) groups is 1. The number of piperidine rings is 1. The Hall–Kier alpha value is -0.660. The van der Waals surface area contributed by atoms with Gasteiger partial charge in [-0.3, -0.25) is 9.69 Å². The van der Waals surface area contributed by atoms with Gasteiger partial charge in [-0.15, -0.1) is 0 Å². The van der Waals surface area contributed by atoms with Gasteiger partial charge in [0.05, 0.1) is 13.4 Å². The van der Waals surface area contributed by atoms with E-state index >= 15 is 0 Å². The molecule has 1 aliphatic rings. The highest BCUT2D eigenvalue weighted by molar-refractivity contribution is 7.88. The van der Waals surface area contributed by atoms with Crippen molar-refractivity contribution >= 4 is 16.0 Å². The first-order chi connectivity index (χ1) is 8.33. The number of methoxy groups -OCH3 is 1. The molecule has 1 atom stereocenters. The summed E-state index contributed by atoms with van der Waals surface area (Å²) in [5, 5.41) is 0. The molecule has 1 saturated heterocycles. The van der Waals surface area contributed by atoms with E-state index in [9.17, 15) is 13.2 Å². The van der Waals surface area contributed by atoms with Gasteiger partial charge in [0, 0.05) is 6.54 Å². The molecule has 0 aromatic carbocycles. The summed E-state index contributed by atoms with van der Waals surface area (Å²) in [7, 11) is -1.72. The fourth-order valence-corrected chi connectivity index (χ4v) is 2.67. The molecule has 0 spiro atoms. The number of hydrogen-bond donors (Lipinski definition) is 1. The average Bonchev–Trinajstić information content (AvgIpc) is 2.34. The van der Waals surface area contributed by atoms with Crippen LogP contribution in [0.2, 0.25) is 0 Å². The number of sulfonamides is 1. The van der Waals surface area contributed by atoms with Crippen molar-refractivity contribution in [2.75, 3.05) is 33.0 Å². The molecule has 0 bridgehead atoms. The minimum absolute atomic E-state index is 0.220. The summed E-state index contributed by atoms with van der Waals surface area (Å²) in [6.45, 7) is 3.92. The van der Waals surface area contributed by atoms with Crippen LogP contribution in [0.3, 0.4) is 0 Å². The number of rotatable bonds is 5. The molecule has 1 aliphatic heterocycles. The highest BCUT2D eigenvalue weighted by atomic mass is 32.2. The zero-order valence-electron chi connectivity index (χ0n) is 11.2. The van der Waals surface area contributed by atoms with Crippen LogP contribution in [0.15, 0.2) is 0 Å². The van der Waals surface area contributed by atoms with Crippen molar-refractivity contribution in [1.29, 1.82) is 0 Å².